The summed E-state index contributed by atoms with van der Waals surface area (Å²) in [4.78, 5) is 41.1. The van der Waals surface area contributed by atoms with E-state index in [1.165, 1.54) is 5.56 Å². The third-order valence-corrected chi connectivity index (χ3v) is 7.33. The lowest BCUT2D eigenvalue weighted by molar-refractivity contribution is -0.140. The summed E-state index contributed by atoms with van der Waals surface area (Å²) in [6.45, 7) is 6.65. The van der Waals surface area contributed by atoms with Gasteiger partial charge in [-0.15, -0.1) is 0 Å². The van der Waals surface area contributed by atoms with Crippen LogP contribution in [0.3, 0.4) is 0 Å². The molecule has 0 aliphatic carbocycles. The van der Waals surface area contributed by atoms with Crippen molar-refractivity contribution in [2.45, 2.75) is 64.8 Å². The Bertz CT molecular complexity index is 811. The van der Waals surface area contributed by atoms with Crippen molar-refractivity contribution in [1.29, 1.82) is 0 Å². The second-order valence-corrected chi connectivity index (χ2v) is 10.5. The van der Waals surface area contributed by atoms with E-state index in [0.29, 0.717) is 12.5 Å². The number of rotatable bonds is 8. The van der Waals surface area contributed by atoms with Crippen LogP contribution >= 0.6 is 0 Å². The highest BCUT2D eigenvalue weighted by Crippen LogP contribution is 2.39. The lowest BCUT2D eigenvalue weighted by Gasteiger charge is -2.41. The third kappa shape index (κ3) is 7.55. The van der Waals surface area contributed by atoms with Gasteiger partial charge in [0, 0.05) is 18.0 Å². The number of carbonyl (C=O) groups is 3. The summed E-state index contributed by atoms with van der Waals surface area (Å²) < 4.78 is 0. The first-order chi connectivity index (χ1) is 16.1. The van der Waals surface area contributed by atoms with E-state index in [-0.39, 0.29) is 42.3 Å². The average Bonchev–Trinajstić information content (AvgIpc) is 2.80. The molecule has 0 aromatic heterocycles. The molecule has 3 atom stereocenters. The molecule has 1 aromatic rings. The third-order valence-electron chi connectivity index (χ3n) is 7.33. The van der Waals surface area contributed by atoms with Crippen LogP contribution in [0.15, 0.2) is 30.3 Å². The van der Waals surface area contributed by atoms with Gasteiger partial charge in [0.05, 0.1) is 13.1 Å². The number of nitrogens with two attached hydrogens (primary N) is 1. The number of nitrogens with zero attached hydrogens (tertiary/aromatic N) is 2. The zero-order chi connectivity index (χ0) is 25.3. The molecule has 34 heavy (non-hydrogen) atoms. The Hall–Kier alpha value is -2.41. The Labute approximate surface area is 205 Å². The van der Waals surface area contributed by atoms with Gasteiger partial charge in [-0.25, -0.2) is 0 Å². The summed E-state index contributed by atoms with van der Waals surface area (Å²) in [5, 5.41) is 2.53. The lowest BCUT2D eigenvalue weighted by atomic mass is 9.77. The van der Waals surface area contributed by atoms with Crippen LogP contribution < -0.4 is 11.1 Å². The molecule has 1 saturated heterocycles. The van der Waals surface area contributed by atoms with Gasteiger partial charge in [0.25, 0.3) is 0 Å². The van der Waals surface area contributed by atoms with Gasteiger partial charge in [0.2, 0.25) is 17.7 Å². The average molecular weight is 473 g/mol. The number of primary amides is 1. The number of hydrogen-bond donors (Lipinski definition) is 2. The van der Waals surface area contributed by atoms with Crippen LogP contribution in [0.25, 0.3) is 0 Å². The second kappa shape index (κ2) is 12.9. The Morgan fingerprint density at radius 3 is 2.41 bits per heavy atom. The van der Waals surface area contributed by atoms with Crippen molar-refractivity contribution < 1.29 is 14.4 Å². The molecule has 1 aromatic carbocycles. The standard InChI is InChI=1S/C27H44N4O3/c1-20(2)17-22-11-9-14-27(30(4)5,23-12-7-6-8-13-23)15-10-16-31(26(34)21(22)3)19-25(33)29-18-24(28)32/h6-8,12-13,20-22H,9-11,14-19H2,1-5H3,(H2,28,32)(H,29,33)/t21?,22?,27-/m1/s1. The molecule has 3 amide bonds. The molecule has 1 aliphatic heterocycles. The van der Waals surface area contributed by atoms with E-state index >= 15 is 0 Å². The number of nitrogens with one attached hydrogen (secondary N) is 1. The minimum atomic E-state index is -0.596. The Morgan fingerprint density at radius 2 is 1.82 bits per heavy atom. The molecule has 1 fully saturated rings. The predicted molar refractivity (Wildman–Crippen MR) is 136 cm³/mol. The van der Waals surface area contributed by atoms with Crippen molar-refractivity contribution in [1.82, 2.24) is 15.1 Å². The summed E-state index contributed by atoms with van der Waals surface area (Å²) >= 11 is 0. The minimum Gasteiger partial charge on any atom is -0.368 e. The van der Waals surface area contributed by atoms with E-state index in [1.54, 1.807) is 4.90 Å². The smallest absolute Gasteiger partial charge is 0.240 e. The summed E-state index contributed by atoms with van der Waals surface area (Å²) in [7, 11) is 4.28. The fourth-order valence-electron chi connectivity index (χ4n) is 5.44. The van der Waals surface area contributed by atoms with E-state index in [0.717, 1.165) is 38.5 Å². The first-order valence-corrected chi connectivity index (χ1v) is 12.6. The molecule has 190 valence electrons. The second-order valence-electron chi connectivity index (χ2n) is 10.5. The maximum atomic E-state index is 13.5. The fourth-order valence-corrected chi connectivity index (χ4v) is 5.44. The largest absolute Gasteiger partial charge is 0.368 e. The molecular weight excluding hydrogens is 428 g/mol. The van der Waals surface area contributed by atoms with Crippen LogP contribution in [0.5, 0.6) is 0 Å². The van der Waals surface area contributed by atoms with Gasteiger partial charge in [-0.1, -0.05) is 57.5 Å². The zero-order valence-corrected chi connectivity index (χ0v) is 21.7. The SMILES string of the molecule is CC(C)CC1CCC[C@@](c2ccccc2)(N(C)C)CCCN(CC(=O)NCC(N)=O)C(=O)C1C. The number of amides is 3. The monoisotopic (exact) mass is 472 g/mol. The van der Waals surface area contributed by atoms with Crippen molar-refractivity contribution in [3.63, 3.8) is 0 Å². The van der Waals surface area contributed by atoms with Crippen LogP contribution in [-0.4, -0.2) is 61.3 Å². The van der Waals surface area contributed by atoms with Gasteiger partial charge in [-0.2, -0.15) is 0 Å². The molecule has 3 N–H and O–H groups in total. The quantitative estimate of drug-likeness (QED) is 0.608. The summed E-state index contributed by atoms with van der Waals surface area (Å²) in [5.41, 5.74) is 6.33. The van der Waals surface area contributed by atoms with E-state index in [1.807, 2.05) is 13.0 Å². The highest BCUT2D eigenvalue weighted by atomic mass is 16.2. The van der Waals surface area contributed by atoms with Gasteiger partial charge in [-0.3, -0.25) is 19.3 Å². The Kier molecular flexibility index (Phi) is 10.5. The highest BCUT2D eigenvalue weighted by molar-refractivity contribution is 5.88. The number of benzene rings is 1. The van der Waals surface area contributed by atoms with Gasteiger partial charge < -0.3 is 16.0 Å². The van der Waals surface area contributed by atoms with Crippen molar-refractivity contribution in [3.8, 4) is 0 Å². The molecule has 1 heterocycles. The Morgan fingerprint density at radius 1 is 1.18 bits per heavy atom. The van der Waals surface area contributed by atoms with Gasteiger partial charge >= 0.3 is 0 Å². The van der Waals surface area contributed by atoms with Crippen LogP contribution in [-0.2, 0) is 19.9 Å². The predicted octanol–water partition coefficient (Wildman–Crippen LogP) is 3.14. The van der Waals surface area contributed by atoms with E-state index in [9.17, 15) is 14.4 Å². The summed E-state index contributed by atoms with van der Waals surface area (Å²) in [6, 6.07) is 10.6. The van der Waals surface area contributed by atoms with Gasteiger partial charge in [-0.05, 0) is 63.6 Å². The van der Waals surface area contributed by atoms with Crippen LogP contribution in [0.2, 0.25) is 0 Å². The van der Waals surface area contributed by atoms with Crippen molar-refractivity contribution in [3.05, 3.63) is 35.9 Å². The number of hydrogen-bond acceptors (Lipinski definition) is 4. The lowest BCUT2D eigenvalue weighted by Crippen LogP contribution is -2.46. The minimum absolute atomic E-state index is 0.0249. The molecule has 1 aliphatic rings. The molecule has 0 spiro atoms. The van der Waals surface area contributed by atoms with Crippen molar-refractivity contribution in [2.24, 2.45) is 23.5 Å². The fraction of sp³-hybridized carbons (Fsp3) is 0.667. The summed E-state index contributed by atoms with van der Waals surface area (Å²) in [5.74, 6) is -0.327. The molecule has 7 heteroatoms. The number of carbonyl (C=O) groups excluding carboxylic acids is 3. The molecule has 0 radical (unpaired) electrons. The van der Waals surface area contributed by atoms with Crippen LogP contribution in [0.4, 0.5) is 0 Å². The molecule has 0 bridgehead atoms. The van der Waals surface area contributed by atoms with Gasteiger partial charge in [0.1, 0.15) is 0 Å². The first-order valence-electron chi connectivity index (χ1n) is 12.6. The maximum absolute atomic E-state index is 13.5. The Balaban J connectivity index is 2.35. The molecule has 7 nitrogen and oxygen atoms in total. The van der Waals surface area contributed by atoms with Crippen molar-refractivity contribution in [2.75, 3.05) is 33.7 Å². The zero-order valence-electron chi connectivity index (χ0n) is 21.7. The maximum Gasteiger partial charge on any atom is 0.240 e. The molecule has 2 unspecified atom stereocenters. The molecule has 0 saturated carbocycles. The van der Waals surface area contributed by atoms with Gasteiger partial charge in [0.15, 0.2) is 0 Å². The topological polar surface area (TPSA) is 95.7 Å². The van der Waals surface area contributed by atoms with Crippen LogP contribution in [0.1, 0.15) is 64.9 Å². The van der Waals surface area contributed by atoms with E-state index in [4.69, 9.17) is 5.73 Å². The normalized spacial score (nSPS) is 24.7. The molecular formula is C27H44N4O3. The van der Waals surface area contributed by atoms with Crippen molar-refractivity contribution >= 4 is 17.7 Å². The molecule has 2 rings (SSSR count). The first kappa shape index (κ1) is 27.8. The van der Waals surface area contributed by atoms with E-state index < -0.39 is 5.91 Å². The van der Waals surface area contributed by atoms with Crippen LogP contribution in [0, 0.1) is 17.8 Å². The summed E-state index contributed by atoms with van der Waals surface area (Å²) in [6.07, 6.45) is 5.70. The van der Waals surface area contributed by atoms with E-state index in [2.05, 4.69) is 62.4 Å². The highest BCUT2D eigenvalue weighted by Gasteiger charge is 2.37.